The van der Waals surface area contributed by atoms with Crippen molar-refractivity contribution in [3.63, 3.8) is 0 Å². The van der Waals surface area contributed by atoms with Crippen LogP contribution in [0.25, 0.3) is 0 Å². The van der Waals surface area contributed by atoms with Crippen molar-refractivity contribution in [1.29, 1.82) is 0 Å². The highest BCUT2D eigenvalue weighted by molar-refractivity contribution is 6.83. The Morgan fingerprint density at radius 3 is 2.41 bits per heavy atom. The Labute approximate surface area is 104 Å². The molecule has 0 spiro atoms. The number of anilines is 1. The summed E-state index contributed by atoms with van der Waals surface area (Å²) in [5, 5.41) is 4.37. The fourth-order valence-electron chi connectivity index (χ4n) is 1.87. The van der Waals surface area contributed by atoms with Crippen LogP contribution in [0, 0.1) is 11.5 Å². The fourth-order valence-corrected chi connectivity index (χ4v) is 2.35. The smallest absolute Gasteiger partial charge is 0.226 e. The van der Waals surface area contributed by atoms with Crippen LogP contribution in [0.15, 0.2) is 0 Å². The molecule has 0 bridgehead atoms. The van der Waals surface area contributed by atoms with E-state index in [9.17, 15) is 0 Å². The molecule has 5 heteroatoms. The van der Waals surface area contributed by atoms with Crippen molar-refractivity contribution in [2.75, 3.05) is 18.0 Å². The SMILES string of the molecule is Cn1nc(C#C[Si](C)(C)C)nc1N1CCCC1. The lowest BCUT2D eigenvalue weighted by molar-refractivity contribution is 0.732. The Balaban J connectivity index is 2.20. The molecule has 4 nitrogen and oxygen atoms in total. The first kappa shape index (κ1) is 12.2. The zero-order valence-corrected chi connectivity index (χ0v) is 12.1. The summed E-state index contributed by atoms with van der Waals surface area (Å²) in [5.41, 5.74) is 3.30. The van der Waals surface area contributed by atoms with Gasteiger partial charge in [0.2, 0.25) is 11.8 Å². The minimum atomic E-state index is -1.34. The standard InChI is InChI=1S/C12H20N4Si/c1-15-12(16-8-5-6-9-16)13-11(14-15)7-10-17(2,3)4/h5-6,8-9H2,1-4H3. The molecule has 0 N–H and O–H groups in total. The molecule has 0 saturated carbocycles. The Hall–Kier alpha value is -1.28. The molecule has 1 aromatic rings. The summed E-state index contributed by atoms with van der Waals surface area (Å²) in [6, 6.07) is 0. The maximum Gasteiger partial charge on any atom is 0.226 e. The molecular formula is C12H20N4Si. The quantitative estimate of drug-likeness (QED) is 0.560. The van der Waals surface area contributed by atoms with Crippen molar-refractivity contribution in [3.05, 3.63) is 5.82 Å². The van der Waals surface area contributed by atoms with Gasteiger partial charge in [-0.25, -0.2) is 4.68 Å². The molecule has 1 aliphatic rings. The van der Waals surface area contributed by atoms with Crippen molar-refractivity contribution in [2.45, 2.75) is 32.5 Å². The molecular weight excluding hydrogens is 228 g/mol. The van der Waals surface area contributed by atoms with Crippen LogP contribution in [0.3, 0.4) is 0 Å². The third-order valence-corrected chi connectivity index (χ3v) is 3.55. The van der Waals surface area contributed by atoms with Gasteiger partial charge in [-0.1, -0.05) is 19.6 Å². The molecule has 1 aliphatic heterocycles. The van der Waals surface area contributed by atoms with Crippen LogP contribution < -0.4 is 4.90 Å². The minimum Gasteiger partial charge on any atom is -0.341 e. The summed E-state index contributed by atoms with van der Waals surface area (Å²) in [6.07, 6.45) is 2.51. The van der Waals surface area contributed by atoms with Gasteiger partial charge in [0.25, 0.3) is 0 Å². The number of rotatable bonds is 1. The first-order valence-electron chi connectivity index (χ1n) is 6.15. The molecule has 17 heavy (non-hydrogen) atoms. The second-order valence-electron chi connectivity index (χ2n) is 5.55. The van der Waals surface area contributed by atoms with Gasteiger partial charge in [0, 0.05) is 20.1 Å². The highest BCUT2D eigenvalue weighted by atomic mass is 28.3. The van der Waals surface area contributed by atoms with E-state index in [1.54, 1.807) is 0 Å². The number of aryl methyl sites for hydroxylation is 1. The molecule has 0 aliphatic carbocycles. The van der Waals surface area contributed by atoms with Gasteiger partial charge >= 0.3 is 0 Å². The zero-order valence-electron chi connectivity index (χ0n) is 11.1. The van der Waals surface area contributed by atoms with E-state index in [2.05, 4.69) is 46.1 Å². The summed E-state index contributed by atoms with van der Waals surface area (Å²) in [5.74, 6) is 4.74. The molecule has 0 aromatic carbocycles. The first-order valence-corrected chi connectivity index (χ1v) is 9.65. The third kappa shape index (κ3) is 3.10. The monoisotopic (exact) mass is 248 g/mol. The van der Waals surface area contributed by atoms with Crippen LogP contribution in [0.1, 0.15) is 18.7 Å². The fraction of sp³-hybridized carbons (Fsp3) is 0.667. The number of hydrogen-bond acceptors (Lipinski definition) is 3. The van der Waals surface area contributed by atoms with Gasteiger partial charge in [0.1, 0.15) is 8.07 Å². The molecule has 0 amide bonds. The molecule has 1 saturated heterocycles. The van der Waals surface area contributed by atoms with E-state index in [0.717, 1.165) is 19.0 Å². The lowest BCUT2D eigenvalue weighted by Crippen LogP contribution is -2.21. The molecule has 2 rings (SSSR count). The van der Waals surface area contributed by atoms with Gasteiger partial charge in [-0.3, -0.25) is 0 Å². The number of aromatic nitrogens is 3. The Kier molecular flexibility index (Phi) is 3.25. The van der Waals surface area contributed by atoms with E-state index >= 15 is 0 Å². The summed E-state index contributed by atoms with van der Waals surface area (Å²) in [7, 11) is 0.601. The second-order valence-corrected chi connectivity index (χ2v) is 10.3. The van der Waals surface area contributed by atoms with Crippen molar-refractivity contribution >= 4 is 14.0 Å². The molecule has 1 fully saturated rings. The van der Waals surface area contributed by atoms with Crippen LogP contribution in [-0.2, 0) is 7.05 Å². The minimum absolute atomic E-state index is 0.664. The van der Waals surface area contributed by atoms with Crippen molar-refractivity contribution < 1.29 is 0 Å². The van der Waals surface area contributed by atoms with E-state index < -0.39 is 8.07 Å². The predicted octanol–water partition coefficient (Wildman–Crippen LogP) is 1.64. The van der Waals surface area contributed by atoms with Gasteiger partial charge < -0.3 is 4.90 Å². The summed E-state index contributed by atoms with van der Waals surface area (Å²) >= 11 is 0. The van der Waals surface area contributed by atoms with E-state index in [0.29, 0.717) is 5.82 Å². The number of hydrogen-bond donors (Lipinski definition) is 0. The maximum atomic E-state index is 4.52. The molecule has 2 heterocycles. The molecule has 92 valence electrons. The lowest BCUT2D eigenvalue weighted by atomic mass is 10.4. The van der Waals surface area contributed by atoms with E-state index in [1.807, 2.05) is 11.7 Å². The Morgan fingerprint density at radius 2 is 1.82 bits per heavy atom. The number of nitrogens with zero attached hydrogens (tertiary/aromatic N) is 4. The predicted molar refractivity (Wildman–Crippen MR) is 72.7 cm³/mol. The second kappa shape index (κ2) is 4.53. The average Bonchev–Trinajstić information content (AvgIpc) is 2.82. The first-order chi connectivity index (χ1) is 7.96. The summed E-state index contributed by atoms with van der Waals surface area (Å²) < 4.78 is 1.85. The van der Waals surface area contributed by atoms with E-state index in [4.69, 9.17) is 0 Å². The van der Waals surface area contributed by atoms with Crippen LogP contribution in [0.2, 0.25) is 19.6 Å². The topological polar surface area (TPSA) is 34.0 Å². The summed E-state index contributed by atoms with van der Waals surface area (Å²) in [6.45, 7) is 8.86. The van der Waals surface area contributed by atoms with Gasteiger partial charge in [-0.05, 0) is 18.8 Å². The lowest BCUT2D eigenvalue weighted by Gasteiger charge is -2.14. The molecule has 0 atom stereocenters. The highest BCUT2D eigenvalue weighted by Crippen LogP contribution is 2.16. The van der Waals surface area contributed by atoms with Crippen LogP contribution >= 0.6 is 0 Å². The van der Waals surface area contributed by atoms with Gasteiger partial charge in [0.05, 0.1) is 0 Å². The normalized spacial score (nSPS) is 15.9. The zero-order chi connectivity index (χ0) is 12.5. The Morgan fingerprint density at radius 1 is 1.18 bits per heavy atom. The van der Waals surface area contributed by atoms with Gasteiger partial charge in [0.15, 0.2) is 0 Å². The molecule has 1 aromatic heterocycles. The highest BCUT2D eigenvalue weighted by Gasteiger charge is 2.18. The van der Waals surface area contributed by atoms with Crippen LogP contribution in [-0.4, -0.2) is 35.9 Å². The largest absolute Gasteiger partial charge is 0.341 e. The van der Waals surface area contributed by atoms with E-state index in [-0.39, 0.29) is 0 Å². The van der Waals surface area contributed by atoms with Crippen LogP contribution in [0.4, 0.5) is 5.95 Å². The van der Waals surface area contributed by atoms with Crippen molar-refractivity contribution in [1.82, 2.24) is 14.8 Å². The molecule has 0 radical (unpaired) electrons. The average molecular weight is 248 g/mol. The van der Waals surface area contributed by atoms with Crippen molar-refractivity contribution in [2.24, 2.45) is 7.05 Å². The summed E-state index contributed by atoms with van der Waals surface area (Å²) in [4.78, 5) is 6.81. The molecule has 0 unspecified atom stereocenters. The van der Waals surface area contributed by atoms with Crippen LogP contribution in [0.5, 0.6) is 0 Å². The van der Waals surface area contributed by atoms with Gasteiger partial charge in [-0.2, -0.15) is 4.98 Å². The Bertz CT molecular complexity index is 455. The van der Waals surface area contributed by atoms with E-state index in [1.165, 1.54) is 12.8 Å². The van der Waals surface area contributed by atoms with Crippen molar-refractivity contribution in [3.8, 4) is 11.5 Å². The maximum absolute atomic E-state index is 4.52. The van der Waals surface area contributed by atoms with Gasteiger partial charge in [-0.15, -0.1) is 10.6 Å². The third-order valence-electron chi connectivity index (χ3n) is 2.68.